The minimum Gasteiger partial charge on any atom is -0.349 e. The molecule has 1 aromatic heterocycles. The van der Waals surface area contributed by atoms with Crippen LogP contribution in [0.2, 0.25) is 0 Å². The van der Waals surface area contributed by atoms with E-state index in [4.69, 9.17) is 0 Å². The molecule has 128 valence electrons. The summed E-state index contributed by atoms with van der Waals surface area (Å²) in [6, 6.07) is 6.08. The molecule has 0 unspecified atom stereocenters. The Kier molecular flexibility index (Phi) is 10.7. The molecule has 0 aliphatic heterocycles. The third-order valence-corrected chi connectivity index (χ3v) is 3.73. The van der Waals surface area contributed by atoms with Crippen LogP contribution in [0.4, 0.5) is 4.39 Å². The van der Waals surface area contributed by atoms with Gasteiger partial charge < -0.3 is 10.6 Å². The Morgan fingerprint density at radius 3 is 2.52 bits per heavy atom. The summed E-state index contributed by atoms with van der Waals surface area (Å²) in [6.45, 7) is 4.36. The van der Waals surface area contributed by atoms with Crippen molar-refractivity contribution in [1.82, 2.24) is 15.6 Å². The Hall–Kier alpha value is -1.21. The third kappa shape index (κ3) is 6.83. The average Bonchev–Trinajstić information content (AvgIpc) is 2.97. The van der Waals surface area contributed by atoms with Gasteiger partial charge in [-0.1, -0.05) is 6.92 Å². The number of thiazole rings is 1. The summed E-state index contributed by atoms with van der Waals surface area (Å²) in [7, 11) is 0. The molecule has 0 radical (unpaired) electrons. The first-order valence-electron chi connectivity index (χ1n) is 6.91. The van der Waals surface area contributed by atoms with Gasteiger partial charge in [-0.15, -0.1) is 36.2 Å². The zero-order valence-electron chi connectivity index (χ0n) is 12.7. The Balaban J connectivity index is 0.00000242. The van der Waals surface area contributed by atoms with E-state index in [1.54, 1.807) is 17.5 Å². The molecule has 4 nitrogen and oxygen atoms in total. The van der Waals surface area contributed by atoms with Crippen LogP contribution in [0.15, 0.2) is 29.6 Å². The molecule has 0 aliphatic carbocycles. The van der Waals surface area contributed by atoms with Gasteiger partial charge in [0.15, 0.2) is 0 Å². The Labute approximate surface area is 151 Å². The molecule has 23 heavy (non-hydrogen) atoms. The normalized spacial score (nSPS) is 9.65. The molecule has 0 saturated heterocycles. The first-order valence-corrected chi connectivity index (χ1v) is 7.79. The number of hydrogen-bond acceptors (Lipinski definition) is 4. The maximum atomic E-state index is 12.9. The van der Waals surface area contributed by atoms with E-state index in [2.05, 4.69) is 22.5 Å². The van der Waals surface area contributed by atoms with E-state index < -0.39 is 0 Å². The number of hydrogen-bond donors (Lipinski definition) is 2. The van der Waals surface area contributed by atoms with Crippen LogP contribution in [-0.2, 0) is 0 Å². The summed E-state index contributed by atoms with van der Waals surface area (Å²) in [5.74, 6) is -0.467. The number of amides is 1. The molecule has 1 heterocycles. The monoisotopic (exact) mass is 379 g/mol. The van der Waals surface area contributed by atoms with Crippen LogP contribution in [0.3, 0.4) is 0 Å². The maximum absolute atomic E-state index is 12.9. The highest BCUT2D eigenvalue weighted by molar-refractivity contribution is 7.13. The van der Waals surface area contributed by atoms with Crippen molar-refractivity contribution in [1.29, 1.82) is 0 Å². The lowest BCUT2D eigenvalue weighted by Crippen LogP contribution is -2.32. The summed E-state index contributed by atoms with van der Waals surface area (Å²) in [5.41, 5.74) is 1.21. The molecule has 8 heteroatoms. The van der Waals surface area contributed by atoms with Gasteiger partial charge in [0.2, 0.25) is 0 Å². The van der Waals surface area contributed by atoms with Gasteiger partial charge in [-0.2, -0.15) is 0 Å². The van der Waals surface area contributed by atoms with Crippen LogP contribution in [0.1, 0.15) is 23.8 Å². The molecule has 0 bridgehead atoms. The van der Waals surface area contributed by atoms with Gasteiger partial charge in [-0.3, -0.25) is 4.79 Å². The number of rotatable bonds is 7. The second-order valence-corrected chi connectivity index (χ2v) is 5.41. The van der Waals surface area contributed by atoms with Crippen LogP contribution in [0.25, 0.3) is 10.6 Å². The van der Waals surface area contributed by atoms with Crippen molar-refractivity contribution in [2.75, 3.05) is 19.6 Å². The molecule has 1 aromatic carbocycles. The second kappa shape index (κ2) is 11.3. The second-order valence-electron chi connectivity index (χ2n) is 4.55. The minimum absolute atomic E-state index is 0. The van der Waals surface area contributed by atoms with Crippen molar-refractivity contribution < 1.29 is 9.18 Å². The molecular weight excluding hydrogens is 360 g/mol. The molecule has 2 aromatic rings. The van der Waals surface area contributed by atoms with Crippen molar-refractivity contribution >= 4 is 42.1 Å². The SMILES string of the molecule is CCCNCCNC(=O)c1csc(-c2ccc(F)cc2)n1.Cl.Cl. The number of carbonyl (C=O) groups is 1. The lowest BCUT2D eigenvalue weighted by molar-refractivity contribution is 0.0949. The van der Waals surface area contributed by atoms with Gasteiger partial charge in [0, 0.05) is 24.0 Å². The molecular formula is C15H20Cl2FN3OS. The Morgan fingerprint density at radius 1 is 1.17 bits per heavy atom. The average molecular weight is 380 g/mol. The van der Waals surface area contributed by atoms with Gasteiger partial charge in [-0.05, 0) is 37.2 Å². The number of halogens is 3. The Morgan fingerprint density at radius 2 is 1.87 bits per heavy atom. The van der Waals surface area contributed by atoms with E-state index in [0.717, 1.165) is 25.1 Å². The topological polar surface area (TPSA) is 54.0 Å². The molecule has 0 aliphatic rings. The predicted molar refractivity (Wildman–Crippen MR) is 97.5 cm³/mol. The highest BCUT2D eigenvalue weighted by atomic mass is 35.5. The molecule has 2 rings (SSSR count). The highest BCUT2D eigenvalue weighted by Gasteiger charge is 2.11. The highest BCUT2D eigenvalue weighted by Crippen LogP contribution is 2.23. The zero-order valence-corrected chi connectivity index (χ0v) is 15.1. The van der Waals surface area contributed by atoms with E-state index in [1.165, 1.54) is 23.5 Å². The maximum Gasteiger partial charge on any atom is 0.270 e. The van der Waals surface area contributed by atoms with Crippen LogP contribution < -0.4 is 10.6 Å². The number of aromatic nitrogens is 1. The van der Waals surface area contributed by atoms with Gasteiger partial charge in [0.1, 0.15) is 16.5 Å². The van der Waals surface area contributed by atoms with E-state index >= 15 is 0 Å². The fraction of sp³-hybridized carbons (Fsp3) is 0.333. The number of carbonyl (C=O) groups excluding carboxylic acids is 1. The van der Waals surface area contributed by atoms with E-state index in [0.29, 0.717) is 17.2 Å². The molecule has 1 amide bonds. The van der Waals surface area contributed by atoms with Gasteiger partial charge in [-0.25, -0.2) is 9.37 Å². The number of nitrogens with zero attached hydrogens (tertiary/aromatic N) is 1. The van der Waals surface area contributed by atoms with Crippen molar-refractivity contribution in [3.8, 4) is 10.6 Å². The quantitative estimate of drug-likeness (QED) is 0.723. The molecule has 0 atom stereocenters. The standard InChI is InChI=1S/C15H18FN3OS.2ClH/c1-2-7-17-8-9-18-14(20)13-10-21-15(19-13)11-3-5-12(16)6-4-11;;/h3-6,10,17H,2,7-9H2,1H3,(H,18,20);2*1H. The van der Waals surface area contributed by atoms with Crippen LogP contribution >= 0.6 is 36.2 Å². The lowest BCUT2D eigenvalue weighted by atomic mass is 10.2. The van der Waals surface area contributed by atoms with Gasteiger partial charge >= 0.3 is 0 Å². The van der Waals surface area contributed by atoms with E-state index in [1.807, 2.05) is 0 Å². The van der Waals surface area contributed by atoms with Gasteiger partial charge in [0.25, 0.3) is 5.91 Å². The van der Waals surface area contributed by atoms with E-state index in [-0.39, 0.29) is 36.5 Å². The van der Waals surface area contributed by atoms with Crippen molar-refractivity contribution in [3.63, 3.8) is 0 Å². The van der Waals surface area contributed by atoms with Crippen LogP contribution in [0.5, 0.6) is 0 Å². The summed E-state index contributed by atoms with van der Waals surface area (Å²) in [6.07, 6.45) is 1.07. The predicted octanol–water partition coefficient (Wildman–Crippen LogP) is 3.52. The van der Waals surface area contributed by atoms with Crippen LogP contribution in [0, 0.1) is 5.82 Å². The van der Waals surface area contributed by atoms with Gasteiger partial charge in [0.05, 0.1) is 0 Å². The first kappa shape index (κ1) is 21.8. The number of nitrogens with one attached hydrogen (secondary N) is 2. The Bertz CT molecular complexity index is 593. The lowest BCUT2D eigenvalue weighted by Gasteiger charge is -2.04. The fourth-order valence-corrected chi connectivity index (χ4v) is 2.57. The third-order valence-electron chi connectivity index (χ3n) is 2.84. The largest absolute Gasteiger partial charge is 0.349 e. The molecule has 2 N–H and O–H groups in total. The van der Waals surface area contributed by atoms with Crippen molar-refractivity contribution in [3.05, 3.63) is 41.2 Å². The van der Waals surface area contributed by atoms with Crippen LogP contribution in [-0.4, -0.2) is 30.5 Å². The molecule has 0 fully saturated rings. The van der Waals surface area contributed by atoms with Crippen molar-refractivity contribution in [2.24, 2.45) is 0 Å². The first-order chi connectivity index (χ1) is 10.2. The minimum atomic E-state index is -0.284. The summed E-state index contributed by atoms with van der Waals surface area (Å²) < 4.78 is 12.9. The molecule has 0 saturated carbocycles. The molecule has 0 spiro atoms. The number of benzene rings is 1. The van der Waals surface area contributed by atoms with Crippen molar-refractivity contribution in [2.45, 2.75) is 13.3 Å². The fourth-order valence-electron chi connectivity index (χ4n) is 1.76. The van der Waals surface area contributed by atoms with E-state index in [9.17, 15) is 9.18 Å². The summed E-state index contributed by atoms with van der Waals surface area (Å²) in [4.78, 5) is 16.2. The summed E-state index contributed by atoms with van der Waals surface area (Å²) >= 11 is 1.37. The zero-order chi connectivity index (χ0) is 15.1. The summed E-state index contributed by atoms with van der Waals surface area (Å²) in [5, 5.41) is 8.45. The smallest absolute Gasteiger partial charge is 0.270 e.